The van der Waals surface area contributed by atoms with Crippen LogP contribution >= 0.6 is 24.2 Å². The van der Waals surface area contributed by atoms with Gasteiger partial charge in [-0.1, -0.05) is 30.5 Å². The molecule has 2 fully saturated rings. The van der Waals surface area contributed by atoms with Crippen LogP contribution in [0.1, 0.15) is 44.1 Å². The van der Waals surface area contributed by atoms with Crippen LogP contribution in [0.5, 0.6) is 0 Å². The first-order valence-electron chi connectivity index (χ1n) is 9.39. The standard InChI is InChI=1S/C20H30N2O2S.ClH/c1-16-4-6-17(7-5-16)25-20(8-2-3-9-20)15-22-18(23)19(14-21)10-12-24-13-11-19;/h4-7H,2-3,8-15,21H2,1H3,(H,22,23);1H. The van der Waals surface area contributed by atoms with E-state index in [0.717, 1.165) is 32.2 Å². The summed E-state index contributed by atoms with van der Waals surface area (Å²) < 4.78 is 5.54. The van der Waals surface area contributed by atoms with Gasteiger partial charge in [0.15, 0.2) is 0 Å². The van der Waals surface area contributed by atoms with Gasteiger partial charge < -0.3 is 15.8 Å². The molecule has 6 heteroatoms. The zero-order chi connectivity index (χ0) is 17.8. The van der Waals surface area contributed by atoms with Gasteiger partial charge in [-0.05, 0) is 44.7 Å². The Kier molecular flexibility index (Phi) is 7.83. The maximum Gasteiger partial charge on any atom is 0.227 e. The van der Waals surface area contributed by atoms with E-state index in [9.17, 15) is 4.79 Å². The quantitative estimate of drug-likeness (QED) is 0.766. The zero-order valence-electron chi connectivity index (χ0n) is 15.6. The number of hydrogen-bond acceptors (Lipinski definition) is 4. The van der Waals surface area contributed by atoms with Gasteiger partial charge in [-0.25, -0.2) is 0 Å². The number of amides is 1. The number of rotatable bonds is 6. The number of halogens is 1. The summed E-state index contributed by atoms with van der Waals surface area (Å²) >= 11 is 1.93. The Morgan fingerprint density at radius 2 is 1.77 bits per heavy atom. The molecule has 2 aliphatic rings. The molecule has 1 amide bonds. The summed E-state index contributed by atoms with van der Waals surface area (Å²) in [5, 5.41) is 3.26. The molecule has 1 saturated carbocycles. The summed E-state index contributed by atoms with van der Waals surface area (Å²) in [4.78, 5) is 14.2. The summed E-state index contributed by atoms with van der Waals surface area (Å²) in [6.45, 7) is 4.51. The van der Waals surface area contributed by atoms with Crippen LogP contribution in [-0.4, -0.2) is 37.0 Å². The van der Waals surface area contributed by atoms with Gasteiger partial charge in [0.05, 0.1) is 5.41 Å². The number of nitrogens with two attached hydrogens (primary N) is 1. The number of carbonyl (C=O) groups is 1. The van der Waals surface area contributed by atoms with E-state index in [-0.39, 0.29) is 23.1 Å². The van der Waals surface area contributed by atoms with E-state index in [0.29, 0.717) is 19.8 Å². The first-order chi connectivity index (χ1) is 12.1. The van der Waals surface area contributed by atoms with Crippen molar-refractivity contribution in [1.29, 1.82) is 0 Å². The number of thioether (sulfide) groups is 1. The highest BCUT2D eigenvalue weighted by Gasteiger charge is 2.41. The van der Waals surface area contributed by atoms with Crippen LogP contribution in [0.2, 0.25) is 0 Å². The van der Waals surface area contributed by atoms with E-state index in [2.05, 4.69) is 36.5 Å². The molecule has 0 unspecified atom stereocenters. The molecule has 0 atom stereocenters. The monoisotopic (exact) mass is 398 g/mol. The van der Waals surface area contributed by atoms with Crippen molar-refractivity contribution in [2.45, 2.75) is 55.1 Å². The lowest BCUT2D eigenvalue weighted by atomic mass is 9.79. The molecule has 0 aromatic heterocycles. The van der Waals surface area contributed by atoms with Gasteiger partial charge in [-0.15, -0.1) is 24.2 Å². The molecule has 146 valence electrons. The van der Waals surface area contributed by atoms with Crippen molar-refractivity contribution in [3.8, 4) is 0 Å². The van der Waals surface area contributed by atoms with Crippen LogP contribution in [0.15, 0.2) is 29.2 Å². The second-order valence-corrected chi connectivity index (χ2v) is 9.13. The Bertz CT molecular complexity index is 582. The topological polar surface area (TPSA) is 64.4 Å². The highest BCUT2D eigenvalue weighted by molar-refractivity contribution is 8.00. The Hall–Kier alpha value is -0.750. The van der Waals surface area contributed by atoms with Crippen LogP contribution in [0, 0.1) is 12.3 Å². The molecule has 1 heterocycles. The fourth-order valence-electron chi connectivity index (χ4n) is 3.91. The predicted octanol–water partition coefficient (Wildman–Crippen LogP) is 3.69. The predicted molar refractivity (Wildman–Crippen MR) is 110 cm³/mol. The van der Waals surface area contributed by atoms with Crippen molar-refractivity contribution >= 4 is 30.1 Å². The normalized spacial score (nSPS) is 21.0. The van der Waals surface area contributed by atoms with Crippen molar-refractivity contribution in [1.82, 2.24) is 5.32 Å². The lowest BCUT2D eigenvalue weighted by Gasteiger charge is -2.36. The highest BCUT2D eigenvalue weighted by atomic mass is 35.5. The average molecular weight is 399 g/mol. The van der Waals surface area contributed by atoms with Crippen LogP contribution in [0.4, 0.5) is 0 Å². The summed E-state index contributed by atoms with van der Waals surface area (Å²) in [5.41, 5.74) is 6.81. The summed E-state index contributed by atoms with van der Waals surface area (Å²) in [6.07, 6.45) is 6.26. The van der Waals surface area contributed by atoms with Gasteiger partial charge in [-0.3, -0.25) is 4.79 Å². The van der Waals surface area contributed by atoms with Crippen molar-refractivity contribution in [2.24, 2.45) is 11.1 Å². The number of carbonyl (C=O) groups excluding carboxylic acids is 1. The van der Waals surface area contributed by atoms with Crippen LogP contribution in [-0.2, 0) is 9.53 Å². The molecule has 3 rings (SSSR count). The summed E-state index contributed by atoms with van der Waals surface area (Å²) in [5.74, 6) is 0.120. The molecular weight excluding hydrogens is 368 g/mol. The smallest absolute Gasteiger partial charge is 0.227 e. The summed E-state index contributed by atoms with van der Waals surface area (Å²) in [7, 11) is 0. The Labute approximate surface area is 167 Å². The van der Waals surface area contributed by atoms with Crippen LogP contribution in [0.3, 0.4) is 0 Å². The van der Waals surface area contributed by atoms with Gasteiger partial charge in [0, 0.05) is 35.9 Å². The SMILES string of the molecule is Cc1ccc(SC2(CNC(=O)C3(CN)CCOCC3)CCCC2)cc1.Cl. The number of ether oxygens (including phenoxy) is 1. The van der Waals surface area contributed by atoms with E-state index < -0.39 is 5.41 Å². The molecule has 0 spiro atoms. The molecule has 1 aliphatic heterocycles. The Morgan fingerprint density at radius 3 is 2.35 bits per heavy atom. The number of hydrogen-bond donors (Lipinski definition) is 2. The van der Waals surface area contributed by atoms with Gasteiger partial charge in [0.1, 0.15) is 0 Å². The number of nitrogens with one attached hydrogen (secondary N) is 1. The third-order valence-electron chi connectivity index (χ3n) is 5.76. The molecule has 1 aliphatic carbocycles. The molecular formula is C20H31ClN2O2S. The lowest BCUT2D eigenvalue weighted by Crippen LogP contribution is -2.51. The van der Waals surface area contributed by atoms with E-state index in [1.165, 1.54) is 23.3 Å². The van der Waals surface area contributed by atoms with Gasteiger partial charge >= 0.3 is 0 Å². The lowest BCUT2D eigenvalue weighted by molar-refractivity contribution is -0.136. The Balaban J connectivity index is 0.00000243. The fraction of sp³-hybridized carbons (Fsp3) is 0.650. The minimum atomic E-state index is -0.438. The maximum atomic E-state index is 12.9. The zero-order valence-corrected chi connectivity index (χ0v) is 17.2. The van der Waals surface area contributed by atoms with E-state index in [1.54, 1.807) is 0 Å². The first-order valence-corrected chi connectivity index (χ1v) is 10.2. The van der Waals surface area contributed by atoms with Crippen molar-refractivity contribution < 1.29 is 9.53 Å². The molecule has 0 bridgehead atoms. The van der Waals surface area contributed by atoms with Crippen molar-refractivity contribution in [3.63, 3.8) is 0 Å². The van der Waals surface area contributed by atoms with Gasteiger partial charge in [0.25, 0.3) is 0 Å². The molecule has 26 heavy (non-hydrogen) atoms. The average Bonchev–Trinajstić information content (AvgIpc) is 3.11. The third kappa shape index (κ3) is 4.94. The highest BCUT2D eigenvalue weighted by Crippen LogP contribution is 2.45. The fourth-order valence-corrected chi connectivity index (χ4v) is 5.31. The minimum Gasteiger partial charge on any atom is -0.381 e. The maximum absolute atomic E-state index is 12.9. The van der Waals surface area contributed by atoms with Crippen molar-refractivity contribution in [2.75, 3.05) is 26.3 Å². The first kappa shape index (κ1) is 21.5. The van der Waals surface area contributed by atoms with E-state index >= 15 is 0 Å². The third-order valence-corrected chi connectivity index (χ3v) is 7.26. The van der Waals surface area contributed by atoms with Gasteiger partial charge in [0.2, 0.25) is 5.91 Å². The molecule has 3 N–H and O–H groups in total. The van der Waals surface area contributed by atoms with E-state index in [1.807, 2.05) is 11.8 Å². The molecule has 4 nitrogen and oxygen atoms in total. The summed E-state index contributed by atoms with van der Waals surface area (Å²) in [6, 6.07) is 8.72. The molecule has 0 radical (unpaired) electrons. The Morgan fingerprint density at radius 1 is 1.15 bits per heavy atom. The number of aryl methyl sites for hydroxylation is 1. The van der Waals surface area contributed by atoms with E-state index in [4.69, 9.17) is 10.5 Å². The van der Waals surface area contributed by atoms with Gasteiger partial charge in [-0.2, -0.15) is 0 Å². The second kappa shape index (κ2) is 9.45. The molecule has 1 saturated heterocycles. The second-order valence-electron chi connectivity index (χ2n) is 7.58. The van der Waals surface area contributed by atoms with Crippen molar-refractivity contribution in [3.05, 3.63) is 29.8 Å². The van der Waals surface area contributed by atoms with Crippen LogP contribution in [0.25, 0.3) is 0 Å². The minimum absolute atomic E-state index is 0. The molecule has 1 aromatic rings. The largest absolute Gasteiger partial charge is 0.381 e. The van der Waals surface area contributed by atoms with Crippen LogP contribution < -0.4 is 11.1 Å². The molecule has 1 aromatic carbocycles. The number of benzene rings is 1.